The smallest absolute Gasteiger partial charge is 0.241 e. The Hall–Kier alpha value is -1.82. The number of hydrogen-bond donors (Lipinski definition) is 1. The second-order valence-electron chi connectivity index (χ2n) is 4.15. The highest BCUT2D eigenvalue weighted by atomic mass is 16.1. The van der Waals surface area contributed by atoms with Crippen molar-refractivity contribution in [3.63, 3.8) is 0 Å². The Morgan fingerprint density at radius 2 is 2.00 bits per heavy atom. The number of carbonyl (C=O) groups is 1. The predicted octanol–water partition coefficient (Wildman–Crippen LogP) is 2.73. The van der Waals surface area contributed by atoms with E-state index in [0.717, 1.165) is 11.3 Å². The van der Waals surface area contributed by atoms with Gasteiger partial charge in [0.2, 0.25) is 5.91 Å². The molecule has 0 saturated carbocycles. The highest BCUT2D eigenvalue weighted by Crippen LogP contribution is 2.17. The van der Waals surface area contributed by atoms with Gasteiger partial charge in [0.15, 0.2) is 0 Å². The summed E-state index contributed by atoms with van der Waals surface area (Å²) in [4.78, 5) is 11.8. The second-order valence-corrected chi connectivity index (χ2v) is 4.15. The van der Waals surface area contributed by atoms with E-state index in [1.165, 1.54) is 0 Å². The van der Waals surface area contributed by atoms with E-state index in [0.29, 0.717) is 0 Å². The first-order valence-electron chi connectivity index (χ1n) is 5.32. The summed E-state index contributed by atoms with van der Waals surface area (Å²) in [6, 6.07) is 9.56. The number of anilines is 1. The van der Waals surface area contributed by atoms with Crippen LogP contribution in [-0.2, 0) is 4.79 Å². The number of aryl methyl sites for hydroxylation is 1. The molecule has 1 rings (SSSR count). The first-order chi connectivity index (χ1) is 7.56. The van der Waals surface area contributed by atoms with Crippen molar-refractivity contribution in [2.24, 2.45) is 11.8 Å². The minimum absolute atomic E-state index is 0.0222. The van der Waals surface area contributed by atoms with E-state index in [9.17, 15) is 4.79 Å². The summed E-state index contributed by atoms with van der Waals surface area (Å²) in [6.07, 6.45) is 0. The summed E-state index contributed by atoms with van der Waals surface area (Å²) >= 11 is 0. The molecule has 0 aliphatic heterocycles. The van der Waals surface area contributed by atoms with Crippen molar-refractivity contribution in [1.82, 2.24) is 0 Å². The molecule has 0 heterocycles. The lowest BCUT2D eigenvalue weighted by atomic mass is 9.96. The van der Waals surface area contributed by atoms with Crippen LogP contribution in [0.3, 0.4) is 0 Å². The average Bonchev–Trinajstić information content (AvgIpc) is 2.22. The number of nitrogens with zero attached hydrogens (tertiary/aromatic N) is 1. The summed E-state index contributed by atoms with van der Waals surface area (Å²) in [5.41, 5.74) is 1.77. The van der Waals surface area contributed by atoms with Gasteiger partial charge in [-0.2, -0.15) is 5.26 Å². The third-order valence-corrected chi connectivity index (χ3v) is 2.49. The van der Waals surface area contributed by atoms with Crippen molar-refractivity contribution in [2.45, 2.75) is 20.8 Å². The van der Waals surface area contributed by atoms with Gasteiger partial charge in [-0.1, -0.05) is 32.0 Å². The minimum atomic E-state index is -0.598. The van der Waals surface area contributed by atoms with Crippen molar-refractivity contribution in [3.05, 3.63) is 29.8 Å². The fourth-order valence-electron chi connectivity index (χ4n) is 1.43. The predicted molar refractivity (Wildman–Crippen MR) is 63.7 cm³/mol. The lowest BCUT2D eigenvalue weighted by Crippen LogP contribution is -2.25. The zero-order chi connectivity index (χ0) is 12.1. The normalized spacial score (nSPS) is 11.9. The van der Waals surface area contributed by atoms with Crippen molar-refractivity contribution in [2.75, 3.05) is 5.32 Å². The van der Waals surface area contributed by atoms with Crippen LogP contribution in [0.1, 0.15) is 19.4 Å². The van der Waals surface area contributed by atoms with Crippen LogP contribution in [0, 0.1) is 30.1 Å². The molecule has 0 aromatic heterocycles. The van der Waals surface area contributed by atoms with Gasteiger partial charge in [0.05, 0.1) is 6.07 Å². The van der Waals surface area contributed by atoms with Crippen LogP contribution in [-0.4, -0.2) is 5.91 Å². The van der Waals surface area contributed by atoms with Crippen LogP contribution in [0.2, 0.25) is 0 Å². The van der Waals surface area contributed by atoms with Gasteiger partial charge in [-0.15, -0.1) is 0 Å². The molecule has 16 heavy (non-hydrogen) atoms. The SMILES string of the molecule is Cc1ccccc1NC(=O)C(C#N)C(C)C. The third-order valence-electron chi connectivity index (χ3n) is 2.49. The molecule has 0 aliphatic carbocycles. The molecule has 0 bridgehead atoms. The molecule has 0 aliphatic rings. The maximum atomic E-state index is 11.8. The first-order valence-corrected chi connectivity index (χ1v) is 5.32. The Morgan fingerprint density at radius 1 is 1.38 bits per heavy atom. The lowest BCUT2D eigenvalue weighted by Gasteiger charge is -2.14. The van der Waals surface area contributed by atoms with Gasteiger partial charge in [0.25, 0.3) is 0 Å². The fraction of sp³-hybridized carbons (Fsp3) is 0.385. The highest BCUT2D eigenvalue weighted by Gasteiger charge is 2.21. The monoisotopic (exact) mass is 216 g/mol. The van der Waals surface area contributed by atoms with Gasteiger partial charge in [-0.05, 0) is 24.5 Å². The summed E-state index contributed by atoms with van der Waals surface area (Å²) in [7, 11) is 0. The van der Waals surface area contributed by atoms with Crippen LogP contribution in [0.5, 0.6) is 0 Å². The standard InChI is InChI=1S/C13H16N2O/c1-9(2)11(8-14)13(16)15-12-7-5-4-6-10(12)3/h4-7,9,11H,1-3H3,(H,15,16). The molecule has 0 spiro atoms. The molecule has 1 amide bonds. The highest BCUT2D eigenvalue weighted by molar-refractivity contribution is 5.94. The largest absolute Gasteiger partial charge is 0.325 e. The van der Waals surface area contributed by atoms with Crippen LogP contribution in [0.25, 0.3) is 0 Å². The maximum Gasteiger partial charge on any atom is 0.241 e. The zero-order valence-corrected chi connectivity index (χ0v) is 9.82. The Balaban J connectivity index is 2.79. The molecule has 0 radical (unpaired) electrons. The molecule has 3 heteroatoms. The van der Waals surface area contributed by atoms with Crippen LogP contribution >= 0.6 is 0 Å². The topological polar surface area (TPSA) is 52.9 Å². The van der Waals surface area contributed by atoms with E-state index in [4.69, 9.17) is 5.26 Å². The van der Waals surface area contributed by atoms with Gasteiger partial charge in [-0.3, -0.25) is 4.79 Å². The number of amides is 1. The summed E-state index contributed by atoms with van der Waals surface area (Å²) in [5.74, 6) is -0.805. The molecule has 1 aromatic carbocycles. The van der Waals surface area contributed by atoms with E-state index in [2.05, 4.69) is 5.32 Å². The van der Waals surface area contributed by atoms with E-state index in [1.807, 2.05) is 51.1 Å². The number of hydrogen-bond acceptors (Lipinski definition) is 2. The Morgan fingerprint density at radius 3 is 2.50 bits per heavy atom. The number of carbonyl (C=O) groups excluding carboxylic acids is 1. The van der Waals surface area contributed by atoms with Gasteiger partial charge >= 0.3 is 0 Å². The van der Waals surface area contributed by atoms with E-state index >= 15 is 0 Å². The number of para-hydroxylation sites is 1. The van der Waals surface area contributed by atoms with Crippen molar-refractivity contribution in [1.29, 1.82) is 5.26 Å². The number of benzene rings is 1. The molecule has 1 N–H and O–H groups in total. The Labute approximate surface area is 96.1 Å². The Kier molecular flexibility index (Phi) is 4.07. The van der Waals surface area contributed by atoms with Crippen molar-refractivity contribution < 1.29 is 4.79 Å². The molecule has 84 valence electrons. The number of rotatable bonds is 3. The molecule has 0 saturated heterocycles. The molecule has 1 unspecified atom stereocenters. The summed E-state index contributed by atoms with van der Waals surface area (Å²) in [5, 5.41) is 11.7. The maximum absolute atomic E-state index is 11.8. The minimum Gasteiger partial charge on any atom is -0.325 e. The molecule has 1 atom stereocenters. The molecule has 3 nitrogen and oxygen atoms in total. The molecule has 0 fully saturated rings. The van der Waals surface area contributed by atoms with Gasteiger partial charge in [0, 0.05) is 5.69 Å². The summed E-state index contributed by atoms with van der Waals surface area (Å²) < 4.78 is 0. The van der Waals surface area contributed by atoms with E-state index in [1.54, 1.807) is 0 Å². The first kappa shape index (κ1) is 12.3. The van der Waals surface area contributed by atoms with E-state index < -0.39 is 5.92 Å². The fourth-order valence-corrected chi connectivity index (χ4v) is 1.43. The molecule has 1 aromatic rings. The molecular weight excluding hydrogens is 200 g/mol. The summed E-state index contributed by atoms with van der Waals surface area (Å²) in [6.45, 7) is 5.66. The number of nitriles is 1. The van der Waals surface area contributed by atoms with Crippen LogP contribution in [0.4, 0.5) is 5.69 Å². The second kappa shape index (κ2) is 5.32. The van der Waals surface area contributed by atoms with Crippen molar-refractivity contribution >= 4 is 11.6 Å². The molecular formula is C13H16N2O. The van der Waals surface area contributed by atoms with Crippen molar-refractivity contribution in [3.8, 4) is 6.07 Å². The van der Waals surface area contributed by atoms with Gasteiger partial charge in [0.1, 0.15) is 5.92 Å². The van der Waals surface area contributed by atoms with Crippen LogP contribution in [0.15, 0.2) is 24.3 Å². The quantitative estimate of drug-likeness (QED) is 0.844. The third kappa shape index (κ3) is 2.83. The number of nitrogens with one attached hydrogen (secondary N) is 1. The Bertz CT molecular complexity index is 418. The lowest BCUT2D eigenvalue weighted by molar-refractivity contribution is -0.119. The van der Waals surface area contributed by atoms with Gasteiger partial charge in [-0.25, -0.2) is 0 Å². The average molecular weight is 216 g/mol. The zero-order valence-electron chi connectivity index (χ0n) is 9.82. The van der Waals surface area contributed by atoms with Gasteiger partial charge < -0.3 is 5.32 Å². The van der Waals surface area contributed by atoms with E-state index in [-0.39, 0.29) is 11.8 Å². The van der Waals surface area contributed by atoms with Crippen LogP contribution < -0.4 is 5.32 Å².